The van der Waals surface area contributed by atoms with Gasteiger partial charge in [0.25, 0.3) is 0 Å². The van der Waals surface area contributed by atoms with Gasteiger partial charge in [-0.2, -0.15) is 16.1 Å². The Morgan fingerprint density at radius 3 is 2.31 bits per heavy atom. The first-order valence-electron chi connectivity index (χ1n) is 8.58. The Bertz CT molecular complexity index is 684. The van der Waals surface area contributed by atoms with Crippen LogP contribution in [0.4, 0.5) is 11.4 Å². The molecule has 0 aromatic heterocycles. The molecule has 1 heterocycles. The molecule has 1 aliphatic rings. The number of carbonyl (C=O) groups excluding carboxylic acids is 1. The van der Waals surface area contributed by atoms with E-state index < -0.39 is 10.0 Å². The lowest BCUT2D eigenvalue weighted by Crippen LogP contribution is -2.48. The van der Waals surface area contributed by atoms with Crippen LogP contribution in [0, 0.1) is 0 Å². The van der Waals surface area contributed by atoms with E-state index in [0.29, 0.717) is 31.9 Å². The normalized spacial score (nSPS) is 16.1. The first-order valence-corrected chi connectivity index (χ1v) is 11.6. The maximum absolute atomic E-state index is 12.0. The Balaban J connectivity index is 1.79. The molecule has 0 atom stereocenters. The van der Waals surface area contributed by atoms with E-state index in [-0.39, 0.29) is 5.91 Å². The van der Waals surface area contributed by atoms with E-state index in [2.05, 4.69) is 15.1 Å². The van der Waals surface area contributed by atoms with Gasteiger partial charge in [-0.15, -0.1) is 0 Å². The van der Waals surface area contributed by atoms with Gasteiger partial charge in [0.1, 0.15) is 0 Å². The quantitative estimate of drug-likeness (QED) is 0.657. The zero-order chi connectivity index (χ0) is 19.2. The zero-order valence-electron chi connectivity index (χ0n) is 15.6. The topological polar surface area (TPSA) is 73.0 Å². The highest BCUT2D eigenvalue weighted by molar-refractivity contribution is 7.99. The maximum Gasteiger partial charge on any atom is 0.234 e. The molecule has 0 saturated carbocycles. The Labute approximate surface area is 160 Å². The largest absolute Gasteiger partial charge is 0.369 e. The highest BCUT2D eigenvalue weighted by Crippen LogP contribution is 2.20. The lowest BCUT2D eigenvalue weighted by Gasteiger charge is -2.34. The number of hydrogen-bond acceptors (Lipinski definition) is 6. The number of rotatable bonds is 8. The van der Waals surface area contributed by atoms with Crippen LogP contribution in [0.3, 0.4) is 0 Å². The summed E-state index contributed by atoms with van der Waals surface area (Å²) < 4.78 is 24.6. The third-order valence-corrected chi connectivity index (χ3v) is 6.38. The van der Waals surface area contributed by atoms with Crippen molar-refractivity contribution in [2.45, 2.75) is 0 Å². The molecule has 1 saturated heterocycles. The summed E-state index contributed by atoms with van der Waals surface area (Å²) in [5.41, 5.74) is 1.82. The molecule has 0 bridgehead atoms. The van der Waals surface area contributed by atoms with Gasteiger partial charge in [-0.3, -0.25) is 4.79 Å². The fourth-order valence-corrected chi connectivity index (χ4v) is 4.37. The van der Waals surface area contributed by atoms with Crippen LogP contribution in [0.1, 0.15) is 0 Å². The molecule has 1 amide bonds. The van der Waals surface area contributed by atoms with Gasteiger partial charge >= 0.3 is 0 Å². The van der Waals surface area contributed by atoms with Crippen molar-refractivity contribution in [3.63, 3.8) is 0 Å². The van der Waals surface area contributed by atoms with Crippen molar-refractivity contribution >= 4 is 39.1 Å². The number of benzene rings is 1. The summed E-state index contributed by atoms with van der Waals surface area (Å²) in [5.74, 6) is 1.38. The minimum atomic E-state index is -3.11. The second-order valence-electron chi connectivity index (χ2n) is 6.60. The SMILES string of the molecule is CN(C)CCSCC(=O)Nc1ccc(N2CCN(S(C)(=O)=O)CC2)cc1. The molecule has 7 nitrogen and oxygen atoms in total. The highest BCUT2D eigenvalue weighted by atomic mass is 32.2. The van der Waals surface area contributed by atoms with E-state index in [9.17, 15) is 13.2 Å². The van der Waals surface area contributed by atoms with Crippen molar-refractivity contribution in [2.24, 2.45) is 0 Å². The third-order valence-electron chi connectivity index (χ3n) is 4.14. The van der Waals surface area contributed by atoms with Crippen LogP contribution < -0.4 is 10.2 Å². The summed E-state index contributed by atoms with van der Waals surface area (Å²) in [6.07, 6.45) is 1.25. The van der Waals surface area contributed by atoms with Gasteiger partial charge in [0.2, 0.25) is 15.9 Å². The minimum Gasteiger partial charge on any atom is -0.369 e. The van der Waals surface area contributed by atoms with Gasteiger partial charge in [0.05, 0.1) is 12.0 Å². The number of sulfonamides is 1. The number of amides is 1. The molecule has 0 unspecified atom stereocenters. The molecule has 0 spiro atoms. The first kappa shape index (κ1) is 21.0. The van der Waals surface area contributed by atoms with Crippen LogP contribution >= 0.6 is 11.8 Å². The van der Waals surface area contributed by atoms with Crippen molar-refractivity contribution in [3.8, 4) is 0 Å². The number of piperazine rings is 1. The van der Waals surface area contributed by atoms with E-state index in [1.165, 1.54) is 10.6 Å². The standard InChI is InChI=1S/C17H28N4O3S2/c1-19(2)12-13-25-14-17(22)18-15-4-6-16(7-5-15)20-8-10-21(11-9-20)26(3,23)24/h4-7H,8-14H2,1-3H3,(H,18,22). The predicted molar refractivity (Wildman–Crippen MR) is 110 cm³/mol. The highest BCUT2D eigenvalue weighted by Gasteiger charge is 2.23. The monoisotopic (exact) mass is 400 g/mol. The molecule has 0 radical (unpaired) electrons. The van der Waals surface area contributed by atoms with Crippen molar-refractivity contribution in [3.05, 3.63) is 24.3 Å². The van der Waals surface area contributed by atoms with Crippen molar-refractivity contribution in [1.82, 2.24) is 9.21 Å². The zero-order valence-corrected chi connectivity index (χ0v) is 17.3. The van der Waals surface area contributed by atoms with Crippen molar-refractivity contribution < 1.29 is 13.2 Å². The van der Waals surface area contributed by atoms with Gasteiger partial charge in [-0.25, -0.2) is 8.42 Å². The van der Waals surface area contributed by atoms with Crippen LogP contribution in [-0.4, -0.2) is 88.1 Å². The van der Waals surface area contributed by atoms with Gasteiger partial charge in [0, 0.05) is 49.9 Å². The number of carbonyl (C=O) groups is 1. The molecule has 1 fully saturated rings. The minimum absolute atomic E-state index is 0.00303. The van der Waals surface area contributed by atoms with Crippen LogP contribution in [0.5, 0.6) is 0 Å². The molecule has 1 aromatic rings. The second kappa shape index (κ2) is 9.59. The van der Waals surface area contributed by atoms with Crippen molar-refractivity contribution in [1.29, 1.82) is 0 Å². The van der Waals surface area contributed by atoms with E-state index in [1.54, 1.807) is 11.8 Å². The molecule has 146 valence electrons. The summed E-state index contributed by atoms with van der Waals surface area (Å²) in [4.78, 5) is 16.2. The molecular formula is C17H28N4O3S2. The van der Waals surface area contributed by atoms with Crippen LogP contribution in [0.2, 0.25) is 0 Å². The van der Waals surface area contributed by atoms with Crippen LogP contribution in [-0.2, 0) is 14.8 Å². The van der Waals surface area contributed by atoms with Gasteiger partial charge in [-0.05, 0) is 38.4 Å². The number of nitrogens with one attached hydrogen (secondary N) is 1. The number of nitrogens with zero attached hydrogens (tertiary/aromatic N) is 3. The molecule has 9 heteroatoms. The Kier molecular flexibility index (Phi) is 7.75. The molecule has 1 aliphatic heterocycles. The summed E-state index contributed by atoms with van der Waals surface area (Å²) in [6, 6.07) is 7.71. The number of hydrogen-bond donors (Lipinski definition) is 1. The van der Waals surface area contributed by atoms with E-state index in [1.807, 2.05) is 38.4 Å². The second-order valence-corrected chi connectivity index (χ2v) is 9.69. The summed E-state index contributed by atoms with van der Waals surface area (Å²) in [5, 5.41) is 2.91. The van der Waals surface area contributed by atoms with Gasteiger partial charge < -0.3 is 15.1 Å². The van der Waals surface area contributed by atoms with E-state index in [4.69, 9.17) is 0 Å². The number of thioether (sulfide) groups is 1. The lowest BCUT2D eigenvalue weighted by molar-refractivity contribution is -0.113. The Morgan fingerprint density at radius 1 is 1.15 bits per heavy atom. The van der Waals surface area contributed by atoms with Gasteiger partial charge in [0.15, 0.2) is 0 Å². The smallest absolute Gasteiger partial charge is 0.234 e. The molecule has 2 rings (SSSR count). The van der Waals surface area contributed by atoms with E-state index >= 15 is 0 Å². The lowest BCUT2D eigenvalue weighted by atomic mass is 10.2. The van der Waals surface area contributed by atoms with Crippen LogP contribution in [0.25, 0.3) is 0 Å². The maximum atomic E-state index is 12.0. The Morgan fingerprint density at radius 2 is 1.77 bits per heavy atom. The molecule has 26 heavy (non-hydrogen) atoms. The molecular weight excluding hydrogens is 372 g/mol. The molecule has 1 aromatic carbocycles. The molecule has 0 aliphatic carbocycles. The third kappa shape index (κ3) is 6.79. The Hall–Kier alpha value is -1.29. The van der Waals surface area contributed by atoms with Crippen LogP contribution in [0.15, 0.2) is 24.3 Å². The summed E-state index contributed by atoms with van der Waals surface area (Å²) in [7, 11) is 0.922. The summed E-state index contributed by atoms with van der Waals surface area (Å²) >= 11 is 1.62. The first-order chi connectivity index (χ1) is 12.3. The fourth-order valence-electron chi connectivity index (χ4n) is 2.64. The average molecular weight is 401 g/mol. The fraction of sp³-hybridized carbons (Fsp3) is 0.588. The predicted octanol–water partition coefficient (Wildman–Crippen LogP) is 1.00. The molecule has 1 N–H and O–H groups in total. The number of anilines is 2. The van der Waals surface area contributed by atoms with Gasteiger partial charge in [-0.1, -0.05) is 0 Å². The van der Waals surface area contributed by atoms with E-state index in [0.717, 1.165) is 23.7 Å². The van der Waals surface area contributed by atoms with Crippen molar-refractivity contribution in [2.75, 3.05) is 74.8 Å². The summed E-state index contributed by atoms with van der Waals surface area (Å²) in [6.45, 7) is 3.30. The average Bonchev–Trinajstić information content (AvgIpc) is 2.59.